The number of allylic oxidation sites excluding steroid dienone is 1. The number of likely N-dealkylation sites (tertiary alicyclic amines) is 1. The van der Waals surface area contributed by atoms with E-state index in [0.717, 1.165) is 51.6 Å². The van der Waals surface area contributed by atoms with Gasteiger partial charge in [-0.1, -0.05) is 51.2 Å². The van der Waals surface area contributed by atoms with Gasteiger partial charge in [-0.3, -0.25) is 4.79 Å². The van der Waals surface area contributed by atoms with Crippen LogP contribution in [0.2, 0.25) is 0 Å². The highest BCUT2D eigenvalue weighted by atomic mass is 16.3. The molecule has 0 aromatic heterocycles. The average Bonchev–Trinajstić information content (AvgIpc) is 3.01. The van der Waals surface area contributed by atoms with Gasteiger partial charge in [0.05, 0.1) is 6.10 Å². The molecule has 1 N–H and O–H groups in total. The van der Waals surface area contributed by atoms with Crippen LogP contribution in [0.4, 0.5) is 0 Å². The maximum Gasteiger partial charge on any atom is 0.222 e. The molecule has 3 nitrogen and oxygen atoms in total. The largest absolute Gasteiger partial charge is 0.393 e. The van der Waals surface area contributed by atoms with Gasteiger partial charge in [0.2, 0.25) is 5.91 Å². The normalized spacial score (nSPS) is 16.8. The average molecular weight is 295 g/mol. The minimum atomic E-state index is -0.211. The minimum absolute atomic E-state index is 0.211. The van der Waals surface area contributed by atoms with Gasteiger partial charge in [0.15, 0.2) is 0 Å². The van der Waals surface area contributed by atoms with Gasteiger partial charge in [-0.05, 0) is 32.1 Å². The summed E-state index contributed by atoms with van der Waals surface area (Å²) >= 11 is 0. The van der Waals surface area contributed by atoms with Crippen molar-refractivity contribution in [3.63, 3.8) is 0 Å². The summed E-state index contributed by atoms with van der Waals surface area (Å²) in [5.74, 6) is 0.286. The third kappa shape index (κ3) is 8.92. The first-order valence-electron chi connectivity index (χ1n) is 8.85. The molecule has 3 heteroatoms. The molecule has 0 unspecified atom stereocenters. The molecule has 0 bridgehead atoms. The van der Waals surface area contributed by atoms with Crippen molar-refractivity contribution in [3.05, 3.63) is 12.2 Å². The molecule has 122 valence electrons. The Morgan fingerprint density at radius 1 is 1.14 bits per heavy atom. The molecule has 1 aliphatic rings. The highest BCUT2D eigenvalue weighted by Crippen LogP contribution is 2.11. The van der Waals surface area contributed by atoms with Crippen molar-refractivity contribution in [1.29, 1.82) is 0 Å². The Kier molecular flexibility index (Phi) is 10.2. The Morgan fingerprint density at radius 3 is 2.57 bits per heavy atom. The highest BCUT2D eigenvalue weighted by molar-refractivity contribution is 5.76. The summed E-state index contributed by atoms with van der Waals surface area (Å²) in [5.41, 5.74) is 0. The predicted molar refractivity (Wildman–Crippen MR) is 88.2 cm³/mol. The van der Waals surface area contributed by atoms with E-state index in [1.807, 2.05) is 17.1 Å². The summed E-state index contributed by atoms with van der Waals surface area (Å²) in [6, 6.07) is 0. The Hall–Kier alpha value is -0.830. The van der Waals surface area contributed by atoms with Crippen molar-refractivity contribution in [1.82, 2.24) is 4.90 Å². The molecule has 0 radical (unpaired) electrons. The zero-order chi connectivity index (χ0) is 15.3. The molecular formula is C18H33NO2. The Morgan fingerprint density at radius 2 is 1.86 bits per heavy atom. The van der Waals surface area contributed by atoms with Crippen molar-refractivity contribution >= 4 is 5.91 Å². The number of hydrogen-bond acceptors (Lipinski definition) is 2. The number of hydrogen-bond donors (Lipinski definition) is 1. The zero-order valence-corrected chi connectivity index (χ0v) is 13.7. The maximum absolute atomic E-state index is 11.8. The van der Waals surface area contributed by atoms with Crippen LogP contribution in [0.15, 0.2) is 12.2 Å². The van der Waals surface area contributed by atoms with Gasteiger partial charge in [0.25, 0.3) is 0 Å². The van der Waals surface area contributed by atoms with Gasteiger partial charge >= 0.3 is 0 Å². The van der Waals surface area contributed by atoms with Crippen LogP contribution < -0.4 is 0 Å². The number of aliphatic hydroxyl groups excluding tert-OH is 1. The smallest absolute Gasteiger partial charge is 0.222 e. The Balaban J connectivity index is 1.96. The van der Waals surface area contributed by atoms with E-state index in [1.165, 1.54) is 25.7 Å². The fourth-order valence-electron chi connectivity index (χ4n) is 2.80. The van der Waals surface area contributed by atoms with Gasteiger partial charge in [-0.15, -0.1) is 0 Å². The second-order valence-corrected chi connectivity index (χ2v) is 6.19. The molecule has 1 fully saturated rings. The highest BCUT2D eigenvalue weighted by Gasteiger charge is 2.16. The van der Waals surface area contributed by atoms with Gasteiger partial charge in [0, 0.05) is 19.5 Å². The van der Waals surface area contributed by atoms with E-state index < -0.39 is 0 Å². The molecule has 1 saturated heterocycles. The fourth-order valence-corrected chi connectivity index (χ4v) is 2.80. The van der Waals surface area contributed by atoms with Crippen molar-refractivity contribution in [3.8, 4) is 0 Å². The first-order valence-corrected chi connectivity index (χ1v) is 8.85. The second-order valence-electron chi connectivity index (χ2n) is 6.19. The van der Waals surface area contributed by atoms with Crippen LogP contribution in [-0.2, 0) is 4.79 Å². The lowest BCUT2D eigenvalue weighted by atomic mass is 10.1. The van der Waals surface area contributed by atoms with Gasteiger partial charge in [0.1, 0.15) is 0 Å². The van der Waals surface area contributed by atoms with Crippen molar-refractivity contribution in [2.45, 2.75) is 83.7 Å². The van der Waals surface area contributed by atoms with E-state index in [0.29, 0.717) is 6.42 Å². The van der Waals surface area contributed by atoms with Crippen LogP contribution in [-0.4, -0.2) is 35.1 Å². The Bertz CT molecular complexity index is 296. The molecule has 1 atom stereocenters. The molecule has 1 heterocycles. The second kappa shape index (κ2) is 11.8. The molecule has 0 aromatic rings. The zero-order valence-electron chi connectivity index (χ0n) is 13.7. The number of unbranched alkanes of at least 4 members (excludes halogenated alkanes) is 4. The van der Waals surface area contributed by atoms with Gasteiger partial charge in [-0.2, -0.15) is 0 Å². The molecular weight excluding hydrogens is 262 g/mol. The van der Waals surface area contributed by atoms with E-state index in [9.17, 15) is 9.90 Å². The number of carbonyl (C=O) groups excluding carboxylic acids is 1. The Labute approximate surface area is 130 Å². The standard InChI is InChI=1S/C18H33NO2/c1-2-3-4-5-7-12-17(20)13-8-6-9-14-18(21)19-15-10-11-16-19/h6,8,17,20H,2-5,7,9-16H2,1H3/b8-6+/t17-/m0/s1. The molecule has 1 rings (SSSR count). The topological polar surface area (TPSA) is 40.5 Å². The first-order chi connectivity index (χ1) is 10.2. The minimum Gasteiger partial charge on any atom is -0.393 e. The lowest BCUT2D eigenvalue weighted by Gasteiger charge is -2.14. The van der Waals surface area contributed by atoms with E-state index >= 15 is 0 Å². The number of amides is 1. The first kappa shape index (κ1) is 18.2. The summed E-state index contributed by atoms with van der Waals surface area (Å²) in [6.45, 7) is 4.10. The summed E-state index contributed by atoms with van der Waals surface area (Å²) in [4.78, 5) is 13.8. The quantitative estimate of drug-likeness (QED) is 0.461. The lowest BCUT2D eigenvalue weighted by molar-refractivity contribution is -0.130. The molecule has 21 heavy (non-hydrogen) atoms. The van der Waals surface area contributed by atoms with Gasteiger partial charge < -0.3 is 10.0 Å². The summed E-state index contributed by atoms with van der Waals surface area (Å²) < 4.78 is 0. The SMILES string of the molecule is CCCCCCC[C@H](O)C/C=C/CCC(=O)N1CCCC1. The van der Waals surface area contributed by atoms with E-state index in [2.05, 4.69) is 6.92 Å². The summed E-state index contributed by atoms with van der Waals surface area (Å²) in [7, 11) is 0. The molecule has 0 aliphatic carbocycles. The third-order valence-corrected chi connectivity index (χ3v) is 4.20. The molecule has 1 amide bonds. The maximum atomic E-state index is 11.8. The van der Waals surface area contributed by atoms with E-state index in [1.54, 1.807) is 0 Å². The van der Waals surface area contributed by atoms with Crippen molar-refractivity contribution < 1.29 is 9.90 Å². The molecule has 0 spiro atoms. The van der Waals surface area contributed by atoms with E-state index in [-0.39, 0.29) is 12.0 Å². The number of carbonyl (C=O) groups is 1. The third-order valence-electron chi connectivity index (χ3n) is 4.20. The van der Waals surface area contributed by atoms with Crippen LogP contribution >= 0.6 is 0 Å². The van der Waals surface area contributed by atoms with Gasteiger partial charge in [-0.25, -0.2) is 0 Å². The number of nitrogens with zero attached hydrogens (tertiary/aromatic N) is 1. The van der Waals surface area contributed by atoms with E-state index in [4.69, 9.17) is 0 Å². The van der Waals surface area contributed by atoms with Crippen LogP contribution in [0, 0.1) is 0 Å². The van der Waals surface area contributed by atoms with Crippen LogP contribution in [0.5, 0.6) is 0 Å². The van der Waals surface area contributed by atoms with Crippen LogP contribution in [0.1, 0.15) is 77.6 Å². The fraction of sp³-hybridized carbons (Fsp3) is 0.833. The molecule has 0 aromatic carbocycles. The summed E-state index contributed by atoms with van der Waals surface area (Å²) in [5, 5.41) is 9.86. The summed E-state index contributed by atoms with van der Waals surface area (Å²) in [6.07, 6.45) is 15.5. The number of rotatable bonds is 11. The molecule has 1 aliphatic heterocycles. The molecule has 0 saturated carbocycles. The number of aliphatic hydroxyl groups is 1. The van der Waals surface area contributed by atoms with Crippen molar-refractivity contribution in [2.75, 3.05) is 13.1 Å². The van der Waals surface area contributed by atoms with Crippen LogP contribution in [0.3, 0.4) is 0 Å². The lowest BCUT2D eigenvalue weighted by Crippen LogP contribution is -2.27. The van der Waals surface area contributed by atoms with Crippen LogP contribution in [0.25, 0.3) is 0 Å². The van der Waals surface area contributed by atoms with Crippen molar-refractivity contribution in [2.24, 2.45) is 0 Å². The monoisotopic (exact) mass is 295 g/mol. The predicted octanol–water partition coefficient (Wildman–Crippen LogP) is 4.06.